The second-order valence-electron chi connectivity index (χ2n) is 6.39. The molecule has 0 saturated heterocycles. The number of aromatic nitrogens is 2. The zero-order valence-electron chi connectivity index (χ0n) is 14.6. The van der Waals surface area contributed by atoms with Crippen LogP contribution in [0.4, 0.5) is 5.69 Å². The van der Waals surface area contributed by atoms with Crippen LogP contribution >= 0.6 is 0 Å². The van der Waals surface area contributed by atoms with Crippen molar-refractivity contribution in [3.05, 3.63) is 48.4 Å². The minimum Gasteiger partial charge on any atom is -0.481 e. The van der Waals surface area contributed by atoms with Gasteiger partial charge in [-0.05, 0) is 43.0 Å². The smallest absolute Gasteiger partial charge is 0.227 e. The van der Waals surface area contributed by atoms with E-state index in [4.69, 9.17) is 4.74 Å². The van der Waals surface area contributed by atoms with E-state index in [-0.39, 0.29) is 23.8 Å². The van der Waals surface area contributed by atoms with Crippen molar-refractivity contribution in [3.8, 4) is 5.88 Å². The van der Waals surface area contributed by atoms with Crippen molar-refractivity contribution in [2.45, 2.75) is 31.7 Å². The number of hydrogen-bond acceptors (Lipinski definition) is 5. The molecule has 0 aliphatic heterocycles. The Bertz CT molecular complexity index is 749. The first-order valence-electron chi connectivity index (χ1n) is 8.63. The van der Waals surface area contributed by atoms with Crippen LogP contribution in [0.15, 0.2) is 42.9 Å². The standard InChI is InChI=1S/C19H22N4O3/c1-26-18-5-4-16(12-21-18)23-19(25)14-2-3-15(11-14)22-17(24)10-13-6-8-20-9-7-13/h4-9,12,14-15H,2-3,10-11H2,1H3,(H,22,24)(H,23,25)/t14-,15+/m0/s1. The maximum absolute atomic E-state index is 12.4. The lowest BCUT2D eigenvalue weighted by molar-refractivity contribution is -0.122. The number of amides is 2. The van der Waals surface area contributed by atoms with Crippen molar-refractivity contribution in [2.75, 3.05) is 12.4 Å². The summed E-state index contributed by atoms with van der Waals surface area (Å²) in [5.74, 6) is 0.327. The number of methoxy groups -OCH3 is 1. The lowest BCUT2D eigenvalue weighted by atomic mass is 10.1. The minimum atomic E-state index is -0.108. The Morgan fingerprint density at radius 3 is 2.69 bits per heavy atom. The topological polar surface area (TPSA) is 93.2 Å². The summed E-state index contributed by atoms with van der Waals surface area (Å²) >= 11 is 0. The van der Waals surface area contributed by atoms with Crippen LogP contribution in [0, 0.1) is 5.92 Å². The molecule has 0 unspecified atom stereocenters. The van der Waals surface area contributed by atoms with E-state index in [0.29, 0.717) is 24.4 Å². The molecule has 7 nitrogen and oxygen atoms in total. The fourth-order valence-corrected chi connectivity index (χ4v) is 3.13. The first-order chi connectivity index (χ1) is 12.6. The summed E-state index contributed by atoms with van der Waals surface area (Å²) in [5.41, 5.74) is 1.57. The highest BCUT2D eigenvalue weighted by molar-refractivity contribution is 5.92. The van der Waals surface area contributed by atoms with Crippen LogP contribution in [0.25, 0.3) is 0 Å². The van der Waals surface area contributed by atoms with Gasteiger partial charge in [0.05, 0.1) is 25.4 Å². The summed E-state index contributed by atoms with van der Waals surface area (Å²) in [5, 5.41) is 5.90. The summed E-state index contributed by atoms with van der Waals surface area (Å²) < 4.78 is 5.00. The van der Waals surface area contributed by atoms with Gasteiger partial charge in [-0.1, -0.05) is 0 Å². The Kier molecular flexibility index (Phi) is 5.78. The Hall–Kier alpha value is -2.96. The van der Waals surface area contributed by atoms with Gasteiger partial charge in [0, 0.05) is 30.4 Å². The van der Waals surface area contributed by atoms with Crippen molar-refractivity contribution >= 4 is 17.5 Å². The maximum Gasteiger partial charge on any atom is 0.227 e. The summed E-state index contributed by atoms with van der Waals surface area (Å²) in [6.07, 6.45) is 7.46. The van der Waals surface area contributed by atoms with Crippen LogP contribution in [-0.2, 0) is 16.0 Å². The van der Waals surface area contributed by atoms with Crippen LogP contribution in [-0.4, -0.2) is 34.9 Å². The van der Waals surface area contributed by atoms with Gasteiger partial charge in [0.15, 0.2) is 0 Å². The van der Waals surface area contributed by atoms with Gasteiger partial charge < -0.3 is 15.4 Å². The average molecular weight is 354 g/mol. The summed E-state index contributed by atoms with van der Waals surface area (Å²) in [6.45, 7) is 0. The van der Waals surface area contributed by atoms with Crippen LogP contribution in [0.1, 0.15) is 24.8 Å². The zero-order chi connectivity index (χ0) is 18.4. The molecule has 3 rings (SSSR count). The first-order valence-corrected chi connectivity index (χ1v) is 8.63. The van der Waals surface area contributed by atoms with Gasteiger partial charge in [0.25, 0.3) is 0 Å². The van der Waals surface area contributed by atoms with Crippen molar-refractivity contribution < 1.29 is 14.3 Å². The SMILES string of the molecule is COc1ccc(NC(=O)[C@H]2CC[C@@H](NC(=O)Cc3ccncc3)C2)cn1. The molecule has 2 aromatic heterocycles. The summed E-state index contributed by atoms with van der Waals surface area (Å²) in [4.78, 5) is 32.6. The highest BCUT2D eigenvalue weighted by atomic mass is 16.5. The maximum atomic E-state index is 12.4. The fraction of sp³-hybridized carbons (Fsp3) is 0.368. The normalized spacial score (nSPS) is 19.0. The van der Waals surface area contributed by atoms with E-state index >= 15 is 0 Å². The van der Waals surface area contributed by atoms with E-state index in [1.54, 1.807) is 37.8 Å². The molecule has 2 atom stereocenters. The van der Waals surface area contributed by atoms with E-state index in [1.807, 2.05) is 12.1 Å². The van der Waals surface area contributed by atoms with Gasteiger partial charge in [0.1, 0.15) is 0 Å². The van der Waals surface area contributed by atoms with Gasteiger partial charge in [-0.25, -0.2) is 4.98 Å². The van der Waals surface area contributed by atoms with E-state index in [2.05, 4.69) is 20.6 Å². The van der Waals surface area contributed by atoms with Crippen molar-refractivity contribution in [1.82, 2.24) is 15.3 Å². The lowest BCUT2D eigenvalue weighted by Crippen LogP contribution is -2.34. The van der Waals surface area contributed by atoms with Gasteiger partial charge >= 0.3 is 0 Å². The van der Waals surface area contributed by atoms with Gasteiger partial charge in [0.2, 0.25) is 17.7 Å². The monoisotopic (exact) mass is 354 g/mol. The molecule has 2 heterocycles. The Morgan fingerprint density at radius 1 is 1.19 bits per heavy atom. The largest absolute Gasteiger partial charge is 0.481 e. The molecule has 1 aliphatic carbocycles. The Balaban J connectivity index is 1.46. The summed E-state index contributed by atoms with van der Waals surface area (Å²) in [6, 6.07) is 7.15. The number of carbonyl (C=O) groups excluding carboxylic acids is 2. The second kappa shape index (κ2) is 8.42. The molecule has 2 aromatic rings. The molecule has 1 fully saturated rings. The van der Waals surface area contributed by atoms with E-state index in [1.165, 1.54) is 0 Å². The predicted octanol–water partition coefficient (Wildman–Crippen LogP) is 1.95. The lowest BCUT2D eigenvalue weighted by Gasteiger charge is -2.14. The molecular formula is C19H22N4O3. The number of rotatable bonds is 6. The Morgan fingerprint density at radius 2 is 2.00 bits per heavy atom. The third kappa shape index (κ3) is 4.78. The molecular weight excluding hydrogens is 332 g/mol. The van der Waals surface area contributed by atoms with Crippen molar-refractivity contribution in [3.63, 3.8) is 0 Å². The molecule has 2 N–H and O–H groups in total. The number of anilines is 1. The van der Waals surface area contributed by atoms with Gasteiger partial charge in [-0.3, -0.25) is 14.6 Å². The molecule has 136 valence electrons. The van der Waals surface area contributed by atoms with E-state index < -0.39 is 0 Å². The number of nitrogens with one attached hydrogen (secondary N) is 2. The molecule has 2 amide bonds. The van der Waals surface area contributed by atoms with Gasteiger partial charge in [-0.15, -0.1) is 0 Å². The highest BCUT2D eigenvalue weighted by Gasteiger charge is 2.30. The van der Waals surface area contributed by atoms with E-state index in [9.17, 15) is 9.59 Å². The second-order valence-corrected chi connectivity index (χ2v) is 6.39. The highest BCUT2D eigenvalue weighted by Crippen LogP contribution is 2.27. The summed E-state index contributed by atoms with van der Waals surface area (Å²) in [7, 11) is 1.54. The molecule has 1 saturated carbocycles. The molecule has 0 spiro atoms. The molecule has 7 heteroatoms. The number of hydrogen-bond donors (Lipinski definition) is 2. The van der Waals surface area contributed by atoms with Crippen LogP contribution < -0.4 is 15.4 Å². The van der Waals surface area contributed by atoms with Crippen LogP contribution in [0.5, 0.6) is 5.88 Å². The van der Waals surface area contributed by atoms with Crippen molar-refractivity contribution in [1.29, 1.82) is 0 Å². The van der Waals surface area contributed by atoms with Crippen molar-refractivity contribution in [2.24, 2.45) is 5.92 Å². The predicted molar refractivity (Wildman–Crippen MR) is 96.6 cm³/mol. The molecule has 0 aromatic carbocycles. The quantitative estimate of drug-likeness (QED) is 0.827. The number of carbonyl (C=O) groups is 2. The van der Waals surface area contributed by atoms with E-state index in [0.717, 1.165) is 18.4 Å². The molecule has 0 bridgehead atoms. The minimum absolute atomic E-state index is 0.0263. The Labute approximate surface area is 152 Å². The molecule has 1 aliphatic rings. The first kappa shape index (κ1) is 17.8. The molecule has 0 radical (unpaired) electrons. The third-order valence-electron chi connectivity index (χ3n) is 4.50. The zero-order valence-corrected chi connectivity index (χ0v) is 14.6. The number of ether oxygens (including phenoxy) is 1. The average Bonchev–Trinajstić information content (AvgIpc) is 3.11. The molecule has 26 heavy (non-hydrogen) atoms. The number of pyridine rings is 2. The third-order valence-corrected chi connectivity index (χ3v) is 4.50. The van der Waals surface area contributed by atoms with Crippen LogP contribution in [0.3, 0.4) is 0 Å². The van der Waals surface area contributed by atoms with Gasteiger partial charge in [-0.2, -0.15) is 0 Å². The van der Waals surface area contributed by atoms with Crippen LogP contribution in [0.2, 0.25) is 0 Å². The fourth-order valence-electron chi connectivity index (χ4n) is 3.13. The number of nitrogens with zero attached hydrogens (tertiary/aromatic N) is 2.